The third kappa shape index (κ3) is 3.03. The summed E-state index contributed by atoms with van der Waals surface area (Å²) in [4.78, 5) is 0. The second-order valence-electron chi connectivity index (χ2n) is 5.14. The smallest absolute Gasteiger partial charge is 0.207 e. The molecule has 0 saturated heterocycles. The third-order valence-electron chi connectivity index (χ3n) is 3.55. The van der Waals surface area contributed by atoms with E-state index in [1.54, 1.807) is 0 Å². The average Bonchev–Trinajstić information content (AvgIpc) is 2.57. The van der Waals surface area contributed by atoms with Crippen LogP contribution in [0.15, 0.2) is 77.2 Å². The summed E-state index contributed by atoms with van der Waals surface area (Å²) in [6.07, 6.45) is 2.14. The van der Waals surface area contributed by atoms with Crippen molar-refractivity contribution in [1.29, 1.82) is 0 Å². The highest BCUT2D eigenvalue weighted by Crippen LogP contribution is 2.30. The van der Waals surface area contributed by atoms with E-state index in [2.05, 4.69) is 55.5 Å². The van der Waals surface area contributed by atoms with Crippen LogP contribution in [0.5, 0.6) is 0 Å². The van der Waals surface area contributed by atoms with Crippen LogP contribution in [-0.4, -0.2) is 0 Å². The van der Waals surface area contributed by atoms with Crippen molar-refractivity contribution in [3.05, 3.63) is 78.4 Å². The van der Waals surface area contributed by atoms with E-state index >= 15 is 0 Å². The van der Waals surface area contributed by atoms with E-state index in [9.17, 15) is 0 Å². The van der Waals surface area contributed by atoms with Crippen LogP contribution in [0.2, 0.25) is 0 Å². The molecular weight excluding hydrogens is 256 g/mol. The van der Waals surface area contributed by atoms with E-state index in [0.717, 1.165) is 35.5 Å². The van der Waals surface area contributed by atoms with Gasteiger partial charge in [0.1, 0.15) is 0 Å². The number of rotatable bonds is 4. The Kier molecular flexibility index (Phi) is 4.11. The van der Waals surface area contributed by atoms with Crippen molar-refractivity contribution in [2.45, 2.75) is 19.8 Å². The SMILES string of the molecule is CCCc1ccc(-c2ccccc2)[o+]c1-c1ccccc1. The molecule has 0 aliphatic rings. The zero-order chi connectivity index (χ0) is 14.5. The van der Waals surface area contributed by atoms with Crippen LogP contribution < -0.4 is 0 Å². The summed E-state index contributed by atoms with van der Waals surface area (Å²) in [5, 5.41) is 0. The Morgan fingerprint density at radius 3 is 1.95 bits per heavy atom. The molecule has 1 nitrogen and oxygen atoms in total. The van der Waals surface area contributed by atoms with E-state index in [1.165, 1.54) is 5.56 Å². The highest BCUT2D eigenvalue weighted by Gasteiger charge is 2.21. The molecule has 3 aromatic rings. The van der Waals surface area contributed by atoms with Crippen LogP contribution in [0.4, 0.5) is 0 Å². The lowest BCUT2D eigenvalue weighted by atomic mass is 10.0. The van der Waals surface area contributed by atoms with E-state index in [-0.39, 0.29) is 0 Å². The largest absolute Gasteiger partial charge is 0.363 e. The predicted octanol–water partition coefficient (Wildman–Crippen LogP) is 5.85. The molecule has 0 spiro atoms. The van der Waals surface area contributed by atoms with Gasteiger partial charge in [-0.3, -0.25) is 0 Å². The van der Waals surface area contributed by atoms with Gasteiger partial charge >= 0.3 is 11.5 Å². The molecule has 3 rings (SSSR count). The Labute approximate surface area is 125 Å². The number of hydrogen-bond donors (Lipinski definition) is 0. The van der Waals surface area contributed by atoms with Crippen molar-refractivity contribution in [1.82, 2.24) is 0 Å². The Hall–Kier alpha value is -2.41. The van der Waals surface area contributed by atoms with Crippen LogP contribution >= 0.6 is 0 Å². The van der Waals surface area contributed by atoms with Gasteiger partial charge in [-0.2, -0.15) is 0 Å². The Morgan fingerprint density at radius 2 is 1.33 bits per heavy atom. The molecule has 0 radical (unpaired) electrons. The highest BCUT2D eigenvalue weighted by molar-refractivity contribution is 5.65. The van der Waals surface area contributed by atoms with Gasteiger partial charge in [0.25, 0.3) is 0 Å². The lowest BCUT2D eigenvalue weighted by Crippen LogP contribution is -1.91. The Morgan fingerprint density at radius 1 is 0.714 bits per heavy atom. The monoisotopic (exact) mass is 275 g/mol. The second-order valence-corrected chi connectivity index (χ2v) is 5.14. The quantitative estimate of drug-likeness (QED) is 0.544. The van der Waals surface area contributed by atoms with Crippen molar-refractivity contribution in [2.75, 3.05) is 0 Å². The molecule has 0 bridgehead atoms. The van der Waals surface area contributed by atoms with Crippen LogP contribution in [0.3, 0.4) is 0 Å². The number of benzene rings is 2. The second kappa shape index (κ2) is 6.36. The lowest BCUT2D eigenvalue weighted by molar-refractivity contribution is 0.573. The van der Waals surface area contributed by atoms with Crippen molar-refractivity contribution in [3.8, 4) is 22.6 Å². The predicted molar refractivity (Wildman–Crippen MR) is 88.0 cm³/mol. The van der Waals surface area contributed by atoms with Crippen LogP contribution in [0.1, 0.15) is 18.9 Å². The first-order chi connectivity index (χ1) is 10.4. The fraction of sp³-hybridized carbons (Fsp3) is 0.150. The maximum absolute atomic E-state index is 6.23. The molecule has 0 aliphatic heterocycles. The molecule has 0 saturated carbocycles. The third-order valence-corrected chi connectivity index (χ3v) is 3.55. The van der Waals surface area contributed by atoms with Gasteiger partial charge in [-0.1, -0.05) is 49.7 Å². The molecule has 1 heterocycles. The molecule has 21 heavy (non-hydrogen) atoms. The van der Waals surface area contributed by atoms with Crippen molar-refractivity contribution in [2.24, 2.45) is 0 Å². The molecule has 0 atom stereocenters. The molecule has 0 N–H and O–H groups in total. The first-order valence-electron chi connectivity index (χ1n) is 7.45. The van der Waals surface area contributed by atoms with Gasteiger partial charge in [-0.25, -0.2) is 4.42 Å². The summed E-state index contributed by atoms with van der Waals surface area (Å²) in [6.45, 7) is 2.19. The summed E-state index contributed by atoms with van der Waals surface area (Å²) in [7, 11) is 0. The van der Waals surface area contributed by atoms with Gasteiger partial charge in [0.05, 0.1) is 16.7 Å². The van der Waals surface area contributed by atoms with Crippen LogP contribution in [0.25, 0.3) is 22.6 Å². The number of hydrogen-bond acceptors (Lipinski definition) is 0. The molecule has 1 heteroatoms. The lowest BCUT2D eigenvalue weighted by Gasteiger charge is -2.01. The van der Waals surface area contributed by atoms with Crippen LogP contribution in [-0.2, 0) is 6.42 Å². The van der Waals surface area contributed by atoms with Gasteiger partial charge in [-0.05, 0) is 36.8 Å². The van der Waals surface area contributed by atoms with Crippen LogP contribution in [0, 0.1) is 0 Å². The summed E-state index contributed by atoms with van der Waals surface area (Å²) in [5.41, 5.74) is 3.51. The zero-order valence-corrected chi connectivity index (χ0v) is 12.3. The van der Waals surface area contributed by atoms with Crippen molar-refractivity contribution < 1.29 is 4.42 Å². The van der Waals surface area contributed by atoms with Gasteiger partial charge in [0, 0.05) is 6.07 Å². The maximum Gasteiger partial charge on any atom is 0.363 e. The Bertz CT molecular complexity index is 702. The minimum Gasteiger partial charge on any atom is -0.207 e. The molecule has 0 aliphatic carbocycles. The molecule has 0 unspecified atom stereocenters. The van der Waals surface area contributed by atoms with Gasteiger partial charge in [0.15, 0.2) is 0 Å². The summed E-state index contributed by atoms with van der Waals surface area (Å²) in [5.74, 6) is 1.90. The molecule has 1 aromatic heterocycles. The van der Waals surface area contributed by atoms with Gasteiger partial charge < -0.3 is 0 Å². The van der Waals surface area contributed by atoms with E-state index in [1.807, 2.05) is 24.3 Å². The summed E-state index contributed by atoms with van der Waals surface area (Å²) < 4.78 is 6.23. The molecule has 0 amide bonds. The average molecular weight is 275 g/mol. The first kappa shape index (κ1) is 13.6. The fourth-order valence-electron chi connectivity index (χ4n) is 2.52. The van der Waals surface area contributed by atoms with E-state index in [0.29, 0.717) is 0 Å². The molecule has 2 aromatic carbocycles. The summed E-state index contributed by atoms with van der Waals surface area (Å²) in [6, 6.07) is 24.9. The standard InChI is InChI=1S/C20H19O/c1-2-9-17-14-15-19(16-10-5-3-6-11-16)21-20(17)18-12-7-4-8-13-18/h3-8,10-15H,2,9H2,1H3/q+1. The minimum atomic E-state index is 0.911. The van der Waals surface area contributed by atoms with Gasteiger partial charge in [0.2, 0.25) is 0 Å². The number of aryl methyl sites for hydroxylation is 1. The van der Waals surface area contributed by atoms with Crippen molar-refractivity contribution in [3.63, 3.8) is 0 Å². The van der Waals surface area contributed by atoms with E-state index < -0.39 is 0 Å². The normalized spacial score (nSPS) is 10.5. The molecular formula is C20H19O+. The van der Waals surface area contributed by atoms with Gasteiger partial charge in [-0.15, -0.1) is 0 Å². The maximum atomic E-state index is 6.23. The molecule has 0 fully saturated rings. The minimum absolute atomic E-state index is 0.911. The fourth-order valence-corrected chi connectivity index (χ4v) is 2.52. The Balaban J connectivity index is 2.11. The van der Waals surface area contributed by atoms with E-state index in [4.69, 9.17) is 4.42 Å². The molecule has 104 valence electrons. The zero-order valence-electron chi connectivity index (χ0n) is 12.3. The first-order valence-corrected chi connectivity index (χ1v) is 7.45. The van der Waals surface area contributed by atoms with Crippen molar-refractivity contribution >= 4 is 0 Å². The topological polar surface area (TPSA) is 11.3 Å². The highest BCUT2D eigenvalue weighted by atomic mass is 16.3. The summed E-state index contributed by atoms with van der Waals surface area (Å²) >= 11 is 0.